The van der Waals surface area contributed by atoms with Gasteiger partial charge in [-0.25, -0.2) is 9.59 Å². The Kier molecular flexibility index (Phi) is 4.02. The van der Waals surface area contributed by atoms with Crippen LogP contribution in [0.1, 0.15) is 32.6 Å². The van der Waals surface area contributed by atoms with Crippen LogP contribution in [0.3, 0.4) is 0 Å². The van der Waals surface area contributed by atoms with Gasteiger partial charge in [-0.2, -0.15) is 0 Å². The van der Waals surface area contributed by atoms with Gasteiger partial charge in [-0.15, -0.1) is 0 Å². The van der Waals surface area contributed by atoms with Gasteiger partial charge >= 0.3 is 11.9 Å². The predicted octanol–water partition coefficient (Wildman–Crippen LogP) is 1.02. The van der Waals surface area contributed by atoms with Crippen molar-refractivity contribution in [2.75, 3.05) is 26.2 Å². The number of carbonyl (C=O) groups is 2. The molecule has 2 saturated heterocycles. The van der Waals surface area contributed by atoms with Crippen molar-refractivity contribution < 1.29 is 23.9 Å². The molecule has 3 atom stereocenters. The minimum Gasteiger partial charge on any atom is -0.477 e. The van der Waals surface area contributed by atoms with Gasteiger partial charge in [0.25, 0.3) is 0 Å². The second-order valence-electron chi connectivity index (χ2n) is 5.46. The third kappa shape index (κ3) is 2.57. The molecule has 0 bridgehead atoms. The number of nitrogens with zero attached hydrogens (tertiary/aromatic N) is 1. The topological polar surface area (TPSA) is 63.6 Å². The molecule has 18 heavy (non-hydrogen) atoms. The first-order valence-corrected chi connectivity index (χ1v) is 6.80. The van der Waals surface area contributed by atoms with Crippen molar-refractivity contribution in [1.82, 2.24) is 0 Å². The molecule has 5 heteroatoms. The summed E-state index contributed by atoms with van der Waals surface area (Å²) in [5.74, 6) is -0.619. The molecule has 0 aromatic rings. The normalized spacial score (nSPS) is 36.8. The summed E-state index contributed by atoms with van der Waals surface area (Å²) in [5.41, 5.74) is 0. The van der Waals surface area contributed by atoms with Crippen LogP contribution < -0.4 is 0 Å². The molecule has 2 heterocycles. The fourth-order valence-electron chi connectivity index (χ4n) is 3.25. The van der Waals surface area contributed by atoms with Gasteiger partial charge in [0.05, 0.1) is 25.6 Å². The summed E-state index contributed by atoms with van der Waals surface area (Å²) < 4.78 is 5.84. The van der Waals surface area contributed by atoms with E-state index in [2.05, 4.69) is 0 Å². The molecule has 102 valence electrons. The first-order valence-electron chi connectivity index (χ1n) is 6.80. The summed E-state index contributed by atoms with van der Waals surface area (Å²) >= 11 is 0. The van der Waals surface area contributed by atoms with E-state index < -0.39 is 5.97 Å². The highest BCUT2D eigenvalue weighted by Crippen LogP contribution is 2.32. The van der Waals surface area contributed by atoms with Crippen molar-refractivity contribution in [1.29, 1.82) is 0 Å². The summed E-state index contributed by atoms with van der Waals surface area (Å²) in [6, 6.07) is 0. The third-order valence-corrected chi connectivity index (χ3v) is 4.33. The molecule has 2 aliphatic heterocycles. The van der Waals surface area contributed by atoms with Crippen LogP contribution in [0.5, 0.6) is 0 Å². The third-order valence-electron chi connectivity index (χ3n) is 4.33. The summed E-state index contributed by atoms with van der Waals surface area (Å²) in [6.07, 6.45) is 3.89. The van der Waals surface area contributed by atoms with E-state index in [4.69, 9.17) is 9.84 Å². The molecular weight excluding hydrogens is 234 g/mol. The van der Waals surface area contributed by atoms with Crippen molar-refractivity contribution in [3.8, 4) is 0 Å². The fourth-order valence-corrected chi connectivity index (χ4v) is 3.25. The van der Waals surface area contributed by atoms with E-state index >= 15 is 0 Å². The minimum atomic E-state index is -0.893. The molecule has 3 unspecified atom stereocenters. The number of likely N-dealkylation sites (tertiary alicyclic amines) is 1. The van der Waals surface area contributed by atoms with Crippen LogP contribution in [-0.2, 0) is 14.3 Å². The number of aliphatic carboxylic acids is 1. The van der Waals surface area contributed by atoms with Crippen LogP contribution >= 0.6 is 0 Å². The molecule has 2 aliphatic rings. The molecule has 2 fully saturated rings. The molecule has 0 spiro atoms. The zero-order valence-electron chi connectivity index (χ0n) is 10.9. The predicted molar refractivity (Wildman–Crippen MR) is 64.9 cm³/mol. The quantitative estimate of drug-likeness (QED) is 0.763. The Morgan fingerprint density at radius 2 is 2.28 bits per heavy atom. The first kappa shape index (κ1) is 13.5. The van der Waals surface area contributed by atoms with E-state index in [1.165, 1.54) is 0 Å². The van der Waals surface area contributed by atoms with Crippen molar-refractivity contribution in [3.63, 3.8) is 0 Å². The number of hydrogen-bond donors (Lipinski definition) is 1. The minimum absolute atomic E-state index is 0.0686. The van der Waals surface area contributed by atoms with E-state index in [9.17, 15) is 9.59 Å². The van der Waals surface area contributed by atoms with E-state index in [0.717, 1.165) is 25.9 Å². The SMILES string of the molecule is CC[N+]1(CC(=O)O)CC(C2CCCCO2)CC1=O. The maximum atomic E-state index is 12.2. The van der Waals surface area contributed by atoms with Crippen LogP contribution in [0.2, 0.25) is 0 Å². The monoisotopic (exact) mass is 256 g/mol. The summed E-state index contributed by atoms with van der Waals surface area (Å²) in [4.78, 5) is 23.1. The van der Waals surface area contributed by atoms with Gasteiger partial charge in [0, 0.05) is 12.5 Å². The standard InChI is InChI=1S/C13H21NO4/c1-2-14(9-13(16)17)8-10(7-12(14)15)11-5-3-4-6-18-11/h10-11H,2-9H2,1H3/p+1. The average Bonchev–Trinajstić information content (AvgIpc) is 2.68. The lowest BCUT2D eigenvalue weighted by Gasteiger charge is -2.31. The molecule has 0 aromatic carbocycles. The van der Waals surface area contributed by atoms with Gasteiger partial charge < -0.3 is 9.84 Å². The van der Waals surface area contributed by atoms with Crippen molar-refractivity contribution in [2.24, 2.45) is 5.92 Å². The van der Waals surface area contributed by atoms with Gasteiger partial charge in [0.2, 0.25) is 0 Å². The van der Waals surface area contributed by atoms with E-state index in [0.29, 0.717) is 19.5 Å². The maximum absolute atomic E-state index is 12.2. The van der Waals surface area contributed by atoms with Gasteiger partial charge in [-0.05, 0) is 26.2 Å². The number of rotatable bonds is 4. The number of amides is 1. The zero-order chi connectivity index (χ0) is 13.2. The lowest BCUT2D eigenvalue weighted by atomic mass is 9.95. The van der Waals surface area contributed by atoms with Crippen LogP contribution in [0.4, 0.5) is 0 Å². The van der Waals surface area contributed by atoms with Gasteiger partial charge in [-0.1, -0.05) is 0 Å². The van der Waals surface area contributed by atoms with E-state index in [1.54, 1.807) is 0 Å². The highest BCUT2D eigenvalue weighted by Gasteiger charge is 2.49. The van der Waals surface area contributed by atoms with Crippen LogP contribution in [0, 0.1) is 5.92 Å². The van der Waals surface area contributed by atoms with Gasteiger partial charge in [0.15, 0.2) is 6.54 Å². The average molecular weight is 256 g/mol. The Morgan fingerprint density at radius 1 is 1.50 bits per heavy atom. The Labute approximate surface area is 107 Å². The fraction of sp³-hybridized carbons (Fsp3) is 0.846. The van der Waals surface area contributed by atoms with Crippen LogP contribution in [0.25, 0.3) is 0 Å². The van der Waals surface area contributed by atoms with Crippen molar-refractivity contribution >= 4 is 11.9 Å². The zero-order valence-corrected chi connectivity index (χ0v) is 10.9. The number of carbonyl (C=O) groups excluding carboxylic acids is 1. The molecule has 0 saturated carbocycles. The van der Waals surface area contributed by atoms with E-state index in [-0.39, 0.29) is 29.0 Å². The van der Waals surface area contributed by atoms with Gasteiger partial charge in [-0.3, -0.25) is 4.48 Å². The number of hydrogen-bond acceptors (Lipinski definition) is 3. The summed E-state index contributed by atoms with van der Waals surface area (Å²) in [6.45, 7) is 3.78. The van der Waals surface area contributed by atoms with Crippen LogP contribution in [0.15, 0.2) is 0 Å². The number of quaternary nitrogens is 1. The lowest BCUT2D eigenvalue weighted by molar-refractivity contribution is -0.839. The molecule has 5 nitrogen and oxygen atoms in total. The molecule has 1 N–H and O–H groups in total. The lowest BCUT2D eigenvalue weighted by Crippen LogP contribution is -2.52. The second-order valence-corrected chi connectivity index (χ2v) is 5.46. The summed E-state index contributed by atoms with van der Waals surface area (Å²) in [5, 5.41) is 8.99. The van der Waals surface area contributed by atoms with Crippen molar-refractivity contribution in [3.05, 3.63) is 0 Å². The smallest absolute Gasteiger partial charge is 0.359 e. The summed E-state index contributed by atoms with van der Waals surface area (Å²) in [7, 11) is 0. The Hall–Kier alpha value is -0.940. The Balaban J connectivity index is 2.06. The molecule has 0 aromatic heterocycles. The molecular formula is C13H22NO4+. The molecule has 1 amide bonds. The first-order chi connectivity index (χ1) is 8.57. The maximum Gasteiger partial charge on any atom is 0.359 e. The Morgan fingerprint density at radius 3 is 2.83 bits per heavy atom. The molecule has 2 rings (SSSR count). The second kappa shape index (κ2) is 5.36. The van der Waals surface area contributed by atoms with Gasteiger partial charge in [0.1, 0.15) is 0 Å². The highest BCUT2D eigenvalue weighted by molar-refractivity contribution is 5.76. The molecule has 0 radical (unpaired) electrons. The number of ether oxygens (including phenoxy) is 1. The largest absolute Gasteiger partial charge is 0.477 e. The highest BCUT2D eigenvalue weighted by atomic mass is 16.5. The number of carboxylic acids is 1. The number of likely N-dealkylation sites (N-methyl/N-ethyl adjacent to an activating group) is 1. The van der Waals surface area contributed by atoms with Crippen LogP contribution in [-0.4, -0.2) is 53.8 Å². The Bertz CT molecular complexity index is 338. The van der Waals surface area contributed by atoms with E-state index in [1.807, 2.05) is 6.92 Å². The van der Waals surface area contributed by atoms with Crippen molar-refractivity contribution in [2.45, 2.75) is 38.7 Å². The molecule has 0 aliphatic carbocycles. The number of carboxylic acid groups (broad SMARTS) is 1.